The Kier molecular flexibility index (Phi) is 4.72. The van der Waals surface area contributed by atoms with Gasteiger partial charge in [0.25, 0.3) is 11.5 Å². The standard InChI is InChI=1S/C18H14ClN3O2/c19-14-8-6-13(7-9-14)17(12-4-2-1-3-5-12)20-18(24)15-10-11-16(23)22-21-15/h1-11,17H,(H,20,24)(H,22,23). The van der Waals surface area contributed by atoms with Crippen molar-refractivity contribution < 1.29 is 4.79 Å². The molecule has 1 unspecified atom stereocenters. The van der Waals surface area contributed by atoms with Gasteiger partial charge in [0.05, 0.1) is 6.04 Å². The first-order valence-corrected chi connectivity index (χ1v) is 7.68. The van der Waals surface area contributed by atoms with E-state index in [1.165, 1.54) is 12.1 Å². The number of carbonyl (C=O) groups is 1. The van der Waals surface area contributed by atoms with Crippen molar-refractivity contribution in [2.24, 2.45) is 0 Å². The number of nitrogens with one attached hydrogen (secondary N) is 2. The molecule has 0 saturated heterocycles. The van der Waals surface area contributed by atoms with Gasteiger partial charge in [-0.25, -0.2) is 5.10 Å². The minimum Gasteiger partial charge on any atom is -0.340 e. The zero-order chi connectivity index (χ0) is 16.9. The van der Waals surface area contributed by atoms with E-state index in [2.05, 4.69) is 15.5 Å². The third-order valence-corrected chi connectivity index (χ3v) is 3.78. The minimum absolute atomic E-state index is 0.143. The number of aromatic nitrogens is 2. The van der Waals surface area contributed by atoms with Crippen LogP contribution in [0.2, 0.25) is 5.02 Å². The third kappa shape index (κ3) is 3.70. The normalized spacial score (nSPS) is 11.7. The molecule has 0 aliphatic rings. The maximum atomic E-state index is 12.5. The Bertz CT molecular complexity index is 872. The maximum Gasteiger partial charge on any atom is 0.272 e. The van der Waals surface area contributed by atoms with Gasteiger partial charge < -0.3 is 5.32 Å². The summed E-state index contributed by atoms with van der Waals surface area (Å²) in [6, 6.07) is 19.2. The number of hydrogen-bond donors (Lipinski definition) is 2. The Morgan fingerprint density at radius 3 is 2.25 bits per heavy atom. The smallest absolute Gasteiger partial charge is 0.272 e. The molecular weight excluding hydrogens is 326 g/mol. The largest absolute Gasteiger partial charge is 0.340 e. The van der Waals surface area contributed by atoms with E-state index < -0.39 is 0 Å². The molecule has 3 aromatic rings. The predicted octanol–water partition coefficient (Wildman–Crippen LogP) is 2.94. The molecule has 24 heavy (non-hydrogen) atoms. The van der Waals surface area contributed by atoms with Crippen LogP contribution in [-0.4, -0.2) is 16.1 Å². The number of aromatic amines is 1. The summed E-state index contributed by atoms with van der Waals surface area (Å²) in [6.45, 7) is 0. The Balaban J connectivity index is 1.93. The fraction of sp³-hybridized carbons (Fsp3) is 0.0556. The zero-order valence-corrected chi connectivity index (χ0v) is 13.3. The summed E-state index contributed by atoms with van der Waals surface area (Å²) in [7, 11) is 0. The van der Waals surface area contributed by atoms with Crippen LogP contribution in [0, 0.1) is 0 Å². The summed E-state index contributed by atoms with van der Waals surface area (Å²) in [5.74, 6) is -0.380. The number of carbonyl (C=O) groups excluding carboxylic acids is 1. The van der Waals surface area contributed by atoms with Crippen molar-refractivity contribution in [1.29, 1.82) is 0 Å². The maximum absolute atomic E-state index is 12.5. The molecule has 120 valence electrons. The average molecular weight is 340 g/mol. The second-order valence-electron chi connectivity index (χ2n) is 5.18. The molecule has 0 fully saturated rings. The highest BCUT2D eigenvalue weighted by Crippen LogP contribution is 2.23. The molecule has 3 rings (SSSR count). The first-order valence-electron chi connectivity index (χ1n) is 7.30. The van der Waals surface area contributed by atoms with Crippen molar-refractivity contribution in [3.63, 3.8) is 0 Å². The highest BCUT2D eigenvalue weighted by molar-refractivity contribution is 6.30. The van der Waals surface area contributed by atoms with Gasteiger partial charge in [0.2, 0.25) is 0 Å². The number of nitrogens with zero attached hydrogens (tertiary/aromatic N) is 1. The lowest BCUT2D eigenvalue weighted by Gasteiger charge is -2.19. The summed E-state index contributed by atoms with van der Waals surface area (Å²) in [5.41, 5.74) is 1.61. The Hall–Kier alpha value is -2.92. The number of benzene rings is 2. The Morgan fingerprint density at radius 2 is 1.62 bits per heavy atom. The molecule has 0 aliphatic carbocycles. The minimum atomic E-state index is -0.380. The van der Waals surface area contributed by atoms with Crippen LogP contribution >= 0.6 is 11.6 Å². The highest BCUT2D eigenvalue weighted by Gasteiger charge is 2.18. The van der Waals surface area contributed by atoms with Crippen LogP contribution in [0.1, 0.15) is 27.7 Å². The van der Waals surface area contributed by atoms with Gasteiger partial charge in [-0.1, -0.05) is 54.1 Å². The molecule has 2 aromatic carbocycles. The van der Waals surface area contributed by atoms with E-state index in [0.717, 1.165) is 11.1 Å². The first kappa shape index (κ1) is 16.0. The molecule has 0 aliphatic heterocycles. The molecular formula is C18H14ClN3O2. The molecule has 1 atom stereocenters. The van der Waals surface area contributed by atoms with E-state index in [1.54, 1.807) is 12.1 Å². The van der Waals surface area contributed by atoms with Crippen LogP contribution in [0.4, 0.5) is 0 Å². The van der Waals surface area contributed by atoms with Gasteiger partial charge >= 0.3 is 0 Å². The topological polar surface area (TPSA) is 74.8 Å². The molecule has 0 saturated carbocycles. The van der Waals surface area contributed by atoms with Crippen molar-refractivity contribution in [3.8, 4) is 0 Å². The second-order valence-corrected chi connectivity index (χ2v) is 5.61. The van der Waals surface area contributed by atoms with Crippen LogP contribution < -0.4 is 10.9 Å². The van der Waals surface area contributed by atoms with E-state index in [9.17, 15) is 9.59 Å². The molecule has 1 amide bonds. The molecule has 2 N–H and O–H groups in total. The van der Waals surface area contributed by atoms with Gasteiger partial charge in [-0.15, -0.1) is 0 Å². The lowest BCUT2D eigenvalue weighted by molar-refractivity contribution is 0.0937. The van der Waals surface area contributed by atoms with E-state index in [1.807, 2.05) is 42.5 Å². The molecule has 0 bridgehead atoms. The summed E-state index contributed by atoms with van der Waals surface area (Å²) in [6.07, 6.45) is 0. The van der Waals surface area contributed by atoms with Gasteiger partial charge in [-0.2, -0.15) is 5.10 Å². The van der Waals surface area contributed by atoms with Crippen LogP contribution in [0.5, 0.6) is 0 Å². The van der Waals surface area contributed by atoms with E-state index in [4.69, 9.17) is 11.6 Å². The number of rotatable bonds is 4. The van der Waals surface area contributed by atoms with Gasteiger partial charge in [0, 0.05) is 11.1 Å². The zero-order valence-electron chi connectivity index (χ0n) is 12.6. The average Bonchev–Trinajstić information content (AvgIpc) is 2.62. The summed E-state index contributed by atoms with van der Waals surface area (Å²) >= 11 is 5.95. The van der Waals surface area contributed by atoms with Crippen LogP contribution in [0.3, 0.4) is 0 Å². The molecule has 0 spiro atoms. The van der Waals surface area contributed by atoms with Crippen molar-refractivity contribution in [1.82, 2.24) is 15.5 Å². The summed E-state index contributed by atoms with van der Waals surface area (Å²) < 4.78 is 0. The summed E-state index contributed by atoms with van der Waals surface area (Å²) in [4.78, 5) is 23.5. The molecule has 0 radical (unpaired) electrons. The van der Waals surface area contributed by atoms with Gasteiger partial charge in [-0.05, 0) is 29.3 Å². The van der Waals surface area contributed by atoms with Crippen molar-refractivity contribution in [2.45, 2.75) is 6.04 Å². The van der Waals surface area contributed by atoms with Crippen LogP contribution in [0.15, 0.2) is 71.5 Å². The Labute approximate surface area is 143 Å². The second kappa shape index (κ2) is 7.10. The van der Waals surface area contributed by atoms with Gasteiger partial charge in [0.1, 0.15) is 5.69 Å². The lowest BCUT2D eigenvalue weighted by atomic mass is 9.98. The molecule has 6 heteroatoms. The van der Waals surface area contributed by atoms with E-state index in [-0.39, 0.29) is 23.2 Å². The number of hydrogen-bond acceptors (Lipinski definition) is 3. The van der Waals surface area contributed by atoms with E-state index in [0.29, 0.717) is 5.02 Å². The van der Waals surface area contributed by atoms with Crippen LogP contribution in [-0.2, 0) is 0 Å². The van der Waals surface area contributed by atoms with Crippen molar-refractivity contribution >= 4 is 17.5 Å². The predicted molar refractivity (Wildman–Crippen MR) is 92.1 cm³/mol. The lowest BCUT2D eigenvalue weighted by Crippen LogP contribution is -2.30. The van der Waals surface area contributed by atoms with Crippen molar-refractivity contribution in [3.05, 3.63) is 98.9 Å². The van der Waals surface area contributed by atoms with Gasteiger partial charge in [0.15, 0.2) is 0 Å². The first-order chi connectivity index (χ1) is 11.6. The molecule has 1 aromatic heterocycles. The number of H-pyrrole nitrogens is 1. The van der Waals surface area contributed by atoms with Crippen LogP contribution in [0.25, 0.3) is 0 Å². The van der Waals surface area contributed by atoms with Crippen molar-refractivity contribution in [2.75, 3.05) is 0 Å². The fourth-order valence-corrected chi connectivity index (χ4v) is 2.46. The monoisotopic (exact) mass is 339 g/mol. The molecule has 1 heterocycles. The molecule has 5 nitrogen and oxygen atoms in total. The number of amides is 1. The Morgan fingerprint density at radius 1 is 0.958 bits per heavy atom. The number of halogens is 1. The van der Waals surface area contributed by atoms with E-state index >= 15 is 0 Å². The quantitative estimate of drug-likeness (QED) is 0.767. The van der Waals surface area contributed by atoms with Gasteiger partial charge in [-0.3, -0.25) is 9.59 Å². The highest BCUT2D eigenvalue weighted by atomic mass is 35.5. The SMILES string of the molecule is O=C(NC(c1ccccc1)c1ccc(Cl)cc1)c1ccc(=O)[nH]n1. The third-order valence-electron chi connectivity index (χ3n) is 3.52. The fourth-order valence-electron chi connectivity index (χ4n) is 2.34. The summed E-state index contributed by atoms with van der Waals surface area (Å²) in [5, 5.41) is 9.58.